The van der Waals surface area contributed by atoms with Gasteiger partial charge in [-0.05, 0) is 89.6 Å². The first-order chi connectivity index (χ1) is 29.7. The average molecular weight is 636 g/mol. The molecule has 10 aromatic rings. The Morgan fingerprint density at radius 3 is 1.53 bits per heavy atom. The summed E-state index contributed by atoms with van der Waals surface area (Å²) in [7, 11) is 0. The van der Waals surface area contributed by atoms with E-state index in [1.807, 2.05) is 42.5 Å². The summed E-state index contributed by atoms with van der Waals surface area (Å²) < 4.78 is 124. The molecule has 0 atom stereocenters. The summed E-state index contributed by atoms with van der Waals surface area (Å²) in [6.45, 7) is 0. The summed E-state index contributed by atoms with van der Waals surface area (Å²) in [5, 5.41) is 1.39. The first-order valence-corrected chi connectivity index (χ1v) is 15.8. The third-order valence-electron chi connectivity index (χ3n) is 9.02. The van der Waals surface area contributed by atoms with Crippen molar-refractivity contribution in [3.8, 4) is 44.5 Å². The van der Waals surface area contributed by atoms with Gasteiger partial charge in [-0.2, -0.15) is 0 Å². The first kappa shape index (κ1) is 17.6. The van der Waals surface area contributed by atoms with Crippen molar-refractivity contribution in [2.75, 3.05) is 0 Å². The van der Waals surface area contributed by atoms with E-state index in [2.05, 4.69) is 0 Å². The van der Waals surface area contributed by atoms with Crippen molar-refractivity contribution in [3.63, 3.8) is 0 Å². The molecule has 9 aromatic carbocycles. The predicted molar refractivity (Wildman–Crippen MR) is 208 cm³/mol. The maximum absolute atomic E-state index is 9.65. The molecule has 0 fully saturated rings. The Morgan fingerprint density at radius 2 is 0.857 bits per heavy atom. The number of hydrogen-bond donors (Lipinski definition) is 0. The summed E-state index contributed by atoms with van der Waals surface area (Å²) in [6, 6.07) is 26.1. The molecule has 0 aliphatic heterocycles. The second-order valence-electron chi connectivity index (χ2n) is 11.8. The van der Waals surface area contributed by atoms with Crippen LogP contribution in [0, 0.1) is 0 Å². The highest BCUT2D eigenvalue weighted by Gasteiger charge is 2.18. The lowest BCUT2D eigenvalue weighted by Crippen LogP contribution is -1.91. The molecule has 228 valence electrons. The van der Waals surface area contributed by atoms with Crippen LogP contribution < -0.4 is 0 Å². The van der Waals surface area contributed by atoms with Crippen LogP contribution in [0.2, 0.25) is 0 Å². The van der Waals surface area contributed by atoms with E-state index in [9.17, 15) is 9.60 Å². The van der Waals surface area contributed by atoms with E-state index >= 15 is 0 Å². The zero-order valence-electron chi connectivity index (χ0n) is 38.7. The van der Waals surface area contributed by atoms with Crippen molar-refractivity contribution in [3.05, 3.63) is 182 Å². The standard InChI is InChI=1S/C48H30O/c1-2-10-31(11-3-1)32-18-20-33(21-19-32)34-22-24-36(25-23-34)46-40-14-6-8-16-42(40)47(43-17-9-7-15-41(43)46)37-27-28-39-44-29-26-35-12-4-5-13-38(35)48(44)49-45(39)30-37/h1-30H/i4D,5D,12D,13D,22D,23D,24D,25D,26D,27D,28D,29D,30D. The monoisotopic (exact) mass is 635 g/mol. The minimum atomic E-state index is -0.580. The van der Waals surface area contributed by atoms with Crippen LogP contribution in [0.3, 0.4) is 0 Å². The molecule has 0 aliphatic rings. The van der Waals surface area contributed by atoms with E-state index in [0.717, 1.165) is 11.1 Å². The summed E-state index contributed by atoms with van der Waals surface area (Å²) in [6.07, 6.45) is 0. The lowest BCUT2D eigenvalue weighted by Gasteiger charge is -2.18. The predicted octanol–water partition coefficient (Wildman–Crippen LogP) is 13.7. The van der Waals surface area contributed by atoms with E-state index in [1.54, 1.807) is 60.7 Å². The molecule has 0 radical (unpaired) electrons. The van der Waals surface area contributed by atoms with Gasteiger partial charge in [0.1, 0.15) is 11.2 Å². The molecule has 0 aliphatic carbocycles. The highest BCUT2D eigenvalue weighted by atomic mass is 16.3. The van der Waals surface area contributed by atoms with Crippen molar-refractivity contribution >= 4 is 54.3 Å². The fraction of sp³-hybridized carbons (Fsp3) is 0. The molecular formula is C48H30O. The Labute approximate surface area is 302 Å². The average Bonchev–Trinajstić information content (AvgIpc) is 3.70. The smallest absolute Gasteiger partial charge is 0.143 e. The van der Waals surface area contributed by atoms with Gasteiger partial charge in [-0.25, -0.2) is 0 Å². The van der Waals surface area contributed by atoms with Crippen LogP contribution >= 0.6 is 0 Å². The summed E-state index contributed by atoms with van der Waals surface area (Å²) in [4.78, 5) is 0. The van der Waals surface area contributed by atoms with E-state index < -0.39 is 42.3 Å². The van der Waals surface area contributed by atoms with Gasteiger partial charge < -0.3 is 4.42 Å². The van der Waals surface area contributed by atoms with Gasteiger partial charge in [-0.1, -0.05) is 164 Å². The number of fused-ring (bicyclic) bond motifs is 7. The highest BCUT2D eigenvalue weighted by Crippen LogP contribution is 2.45. The molecule has 0 saturated heterocycles. The Bertz CT molecular complexity index is 3510. The van der Waals surface area contributed by atoms with Gasteiger partial charge in [-0.3, -0.25) is 0 Å². The van der Waals surface area contributed by atoms with Crippen molar-refractivity contribution < 1.29 is 22.2 Å². The normalized spacial score (nSPS) is 15.4. The third kappa shape index (κ3) is 4.47. The molecule has 1 heterocycles. The van der Waals surface area contributed by atoms with Crippen LogP contribution in [-0.4, -0.2) is 0 Å². The van der Waals surface area contributed by atoms with Crippen LogP contribution in [0.25, 0.3) is 98.8 Å². The number of benzene rings is 9. The maximum atomic E-state index is 9.65. The Morgan fingerprint density at radius 1 is 0.347 bits per heavy atom. The molecular weight excluding hydrogens is 593 g/mol. The number of hydrogen-bond acceptors (Lipinski definition) is 1. The molecule has 1 aromatic heterocycles. The van der Waals surface area contributed by atoms with Crippen LogP contribution in [0.1, 0.15) is 17.8 Å². The van der Waals surface area contributed by atoms with Crippen LogP contribution in [-0.2, 0) is 0 Å². The van der Waals surface area contributed by atoms with Gasteiger partial charge in [0, 0.05) is 16.2 Å². The van der Waals surface area contributed by atoms with E-state index in [0.29, 0.717) is 38.2 Å². The van der Waals surface area contributed by atoms with Crippen LogP contribution in [0.5, 0.6) is 0 Å². The Hall–Kier alpha value is -6.44. The topological polar surface area (TPSA) is 13.1 Å². The minimum Gasteiger partial charge on any atom is -0.455 e. The minimum absolute atomic E-state index is 0.00167. The lowest BCUT2D eigenvalue weighted by molar-refractivity contribution is 0.673. The van der Waals surface area contributed by atoms with Crippen LogP contribution in [0.4, 0.5) is 0 Å². The van der Waals surface area contributed by atoms with Gasteiger partial charge in [0.05, 0.1) is 17.8 Å². The molecule has 0 saturated carbocycles. The van der Waals surface area contributed by atoms with Gasteiger partial charge in [0.25, 0.3) is 0 Å². The fourth-order valence-corrected chi connectivity index (χ4v) is 6.74. The summed E-state index contributed by atoms with van der Waals surface area (Å²) in [5.74, 6) is 0. The van der Waals surface area contributed by atoms with Crippen molar-refractivity contribution in [1.29, 1.82) is 0 Å². The zero-order valence-corrected chi connectivity index (χ0v) is 25.7. The molecule has 10 rings (SSSR count). The Balaban J connectivity index is 1.25. The second-order valence-corrected chi connectivity index (χ2v) is 11.8. The Kier molecular flexibility index (Phi) is 3.99. The van der Waals surface area contributed by atoms with Gasteiger partial charge in [0.15, 0.2) is 0 Å². The van der Waals surface area contributed by atoms with E-state index in [4.69, 9.17) is 12.6 Å². The third-order valence-corrected chi connectivity index (χ3v) is 9.02. The quantitative estimate of drug-likeness (QED) is 0.175. The molecule has 0 N–H and O–H groups in total. The van der Waals surface area contributed by atoms with E-state index in [-0.39, 0.29) is 85.7 Å². The maximum Gasteiger partial charge on any atom is 0.143 e. The summed E-state index contributed by atoms with van der Waals surface area (Å²) in [5.41, 5.74) is 3.09. The molecule has 0 amide bonds. The second kappa shape index (κ2) is 11.1. The first-order valence-electron chi connectivity index (χ1n) is 22.3. The molecule has 0 bridgehead atoms. The molecule has 1 nitrogen and oxygen atoms in total. The number of furan rings is 1. The lowest BCUT2D eigenvalue weighted by atomic mass is 9.85. The molecule has 49 heavy (non-hydrogen) atoms. The molecule has 1 heteroatoms. The highest BCUT2D eigenvalue weighted by molar-refractivity contribution is 6.22. The van der Waals surface area contributed by atoms with Crippen molar-refractivity contribution in [1.82, 2.24) is 0 Å². The molecule has 0 unspecified atom stereocenters. The fourth-order valence-electron chi connectivity index (χ4n) is 6.74. The zero-order chi connectivity index (χ0) is 43.6. The van der Waals surface area contributed by atoms with Gasteiger partial charge in [-0.15, -0.1) is 0 Å². The summed E-state index contributed by atoms with van der Waals surface area (Å²) >= 11 is 0. The van der Waals surface area contributed by atoms with E-state index in [1.165, 1.54) is 0 Å². The largest absolute Gasteiger partial charge is 0.455 e. The molecule has 0 spiro atoms. The van der Waals surface area contributed by atoms with Gasteiger partial charge >= 0.3 is 0 Å². The SMILES string of the molecule is [2H]c1c([2H])c(-c2c3ccccc3c(-c3c([2H])c([2H])c4c(oc5c6c([2H])c([2H])c([2H])c([2H])c6c([2H])c([2H])c54)c3[2H])c3ccccc23)c([2H])c([2H])c1-c1ccc(-c2ccccc2)cc1. The van der Waals surface area contributed by atoms with Crippen molar-refractivity contribution in [2.24, 2.45) is 0 Å². The van der Waals surface area contributed by atoms with Crippen molar-refractivity contribution in [2.45, 2.75) is 0 Å². The van der Waals surface area contributed by atoms with Crippen LogP contribution in [0.15, 0.2) is 186 Å². The number of rotatable bonds is 4. The van der Waals surface area contributed by atoms with Gasteiger partial charge in [0.2, 0.25) is 0 Å².